The minimum Gasteiger partial charge on any atom is -0.503 e. The third-order valence-corrected chi connectivity index (χ3v) is 10.3. The van der Waals surface area contributed by atoms with Crippen LogP contribution in [-0.2, 0) is 25.8 Å². The van der Waals surface area contributed by atoms with Crippen LogP contribution in [0.25, 0.3) is 6.08 Å². The number of thioether (sulfide) groups is 1. The number of aliphatic carboxylic acids is 1. The maximum atomic E-state index is 13.5. The van der Waals surface area contributed by atoms with Crippen LogP contribution < -0.4 is 16.0 Å². The molecular formula is C31H26Cl2N6O7S2. The van der Waals surface area contributed by atoms with Gasteiger partial charge in [-0.25, -0.2) is 9.78 Å². The van der Waals surface area contributed by atoms with E-state index in [-0.39, 0.29) is 44.4 Å². The molecule has 0 aliphatic carbocycles. The van der Waals surface area contributed by atoms with Crippen molar-refractivity contribution >= 4 is 86.7 Å². The summed E-state index contributed by atoms with van der Waals surface area (Å²) in [6.45, 7) is 0.889. The highest BCUT2D eigenvalue weighted by molar-refractivity contribution is 8.00. The number of rotatable bonds is 10. The molecular weight excluding hydrogens is 703 g/mol. The van der Waals surface area contributed by atoms with Gasteiger partial charge in [-0.2, -0.15) is 0 Å². The van der Waals surface area contributed by atoms with E-state index in [1.807, 2.05) is 30.3 Å². The number of anilines is 2. The molecule has 17 heteroatoms. The highest BCUT2D eigenvalue weighted by Gasteiger charge is 2.54. The topological polar surface area (TPSA) is 191 Å². The first-order chi connectivity index (χ1) is 23.0. The zero-order chi connectivity index (χ0) is 34.1. The number of hydrogen-bond donors (Lipinski definition) is 5. The van der Waals surface area contributed by atoms with Gasteiger partial charge in [0.05, 0.1) is 10.0 Å². The molecule has 13 nitrogen and oxygen atoms in total. The van der Waals surface area contributed by atoms with Gasteiger partial charge in [0.1, 0.15) is 29.4 Å². The smallest absolute Gasteiger partial charge is 0.352 e. The molecule has 1 saturated heterocycles. The number of carbonyl (C=O) groups excluding carboxylic acids is 2. The first kappa shape index (κ1) is 33.2. The number of halogens is 2. The summed E-state index contributed by atoms with van der Waals surface area (Å²) in [6.07, 6.45) is 7.73. The second kappa shape index (κ2) is 13.8. The number of aromatic hydroxyl groups is 2. The van der Waals surface area contributed by atoms with Gasteiger partial charge in [-0.1, -0.05) is 70.9 Å². The number of fused-ring (bicyclic) bond motifs is 2. The Kier molecular flexibility index (Phi) is 9.55. The second-order valence-corrected chi connectivity index (χ2v) is 13.4. The zero-order valence-electron chi connectivity index (χ0n) is 24.7. The van der Waals surface area contributed by atoms with Crippen LogP contribution >= 0.6 is 46.3 Å². The Hall–Kier alpha value is -4.70. The van der Waals surface area contributed by atoms with Crippen molar-refractivity contribution in [2.75, 3.05) is 29.5 Å². The van der Waals surface area contributed by atoms with Crippen molar-refractivity contribution in [3.8, 4) is 11.5 Å². The number of phenols is 2. The number of nitrogen functional groups attached to an aromatic ring is 1. The van der Waals surface area contributed by atoms with E-state index < -0.39 is 40.7 Å². The van der Waals surface area contributed by atoms with Crippen molar-refractivity contribution < 1.29 is 34.5 Å². The number of para-hydroxylation sites is 1. The Morgan fingerprint density at radius 3 is 2.77 bits per heavy atom. The van der Waals surface area contributed by atoms with Crippen LogP contribution in [0.15, 0.2) is 70.4 Å². The molecule has 0 spiro atoms. The van der Waals surface area contributed by atoms with E-state index in [9.17, 15) is 29.7 Å². The molecule has 2 aromatic carbocycles. The molecule has 1 aromatic heterocycles. The monoisotopic (exact) mass is 728 g/mol. The van der Waals surface area contributed by atoms with Crippen molar-refractivity contribution in [3.63, 3.8) is 0 Å². The third-order valence-electron chi connectivity index (χ3n) is 7.63. The number of β-lactam (4-membered cyclic amide) rings is 1. The fraction of sp³-hybridized carbons (Fsp3) is 0.194. The van der Waals surface area contributed by atoms with Gasteiger partial charge in [-0.15, -0.1) is 23.1 Å². The molecule has 0 bridgehead atoms. The fourth-order valence-electron chi connectivity index (χ4n) is 5.32. The number of nitrogens with one attached hydrogen (secondary N) is 1. The van der Waals surface area contributed by atoms with Crippen molar-refractivity contribution in [2.24, 2.45) is 5.16 Å². The molecule has 4 heterocycles. The number of carbonyl (C=O) groups is 3. The highest BCUT2D eigenvalue weighted by atomic mass is 35.5. The lowest BCUT2D eigenvalue weighted by Crippen LogP contribution is -2.71. The van der Waals surface area contributed by atoms with Crippen molar-refractivity contribution in [2.45, 2.75) is 18.0 Å². The number of oxime groups is 1. The summed E-state index contributed by atoms with van der Waals surface area (Å²) in [5.74, 6) is -3.62. The Morgan fingerprint density at radius 1 is 1.23 bits per heavy atom. The number of benzene rings is 2. The largest absolute Gasteiger partial charge is 0.503 e. The van der Waals surface area contributed by atoms with Gasteiger partial charge in [-0.3, -0.25) is 14.5 Å². The van der Waals surface area contributed by atoms with Crippen LogP contribution in [0, 0.1) is 0 Å². The molecule has 0 saturated carbocycles. The summed E-state index contributed by atoms with van der Waals surface area (Å²) < 4.78 is 0. The van der Waals surface area contributed by atoms with Gasteiger partial charge in [-0.05, 0) is 23.3 Å². The molecule has 2 amide bonds. The Labute approximate surface area is 291 Å². The fourth-order valence-corrected chi connectivity index (χ4v) is 7.61. The number of carboxylic acids is 1. The third kappa shape index (κ3) is 6.41. The van der Waals surface area contributed by atoms with Crippen LogP contribution in [0.2, 0.25) is 10.0 Å². The van der Waals surface area contributed by atoms with E-state index in [1.54, 1.807) is 6.08 Å². The van der Waals surface area contributed by atoms with E-state index in [0.29, 0.717) is 24.4 Å². The van der Waals surface area contributed by atoms with E-state index in [1.165, 1.54) is 28.1 Å². The minimum absolute atomic E-state index is 0.0676. The predicted octanol–water partition coefficient (Wildman–Crippen LogP) is 4.19. The Balaban J connectivity index is 1.16. The van der Waals surface area contributed by atoms with Gasteiger partial charge in [0.2, 0.25) is 0 Å². The van der Waals surface area contributed by atoms with Crippen LogP contribution in [-0.4, -0.2) is 79.0 Å². The molecule has 3 aromatic rings. The summed E-state index contributed by atoms with van der Waals surface area (Å²) in [5, 5.41) is 36.9. The molecule has 1 fully saturated rings. The number of phenolic OH excluding ortho intramolecular Hbond substituents is 2. The molecule has 3 aliphatic heterocycles. The number of nitrogens with two attached hydrogens (primary N) is 1. The number of amides is 2. The van der Waals surface area contributed by atoms with E-state index in [2.05, 4.69) is 32.5 Å². The Morgan fingerprint density at radius 2 is 2.02 bits per heavy atom. The van der Waals surface area contributed by atoms with Crippen LogP contribution in [0.3, 0.4) is 0 Å². The Bertz CT molecular complexity index is 1950. The maximum Gasteiger partial charge on any atom is 0.352 e. The summed E-state index contributed by atoms with van der Waals surface area (Å²) in [4.78, 5) is 51.9. The van der Waals surface area contributed by atoms with E-state index in [0.717, 1.165) is 22.6 Å². The average molecular weight is 730 g/mol. The van der Waals surface area contributed by atoms with Gasteiger partial charge in [0.25, 0.3) is 11.8 Å². The van der Waals surface area contributed by atoms with Crippen molar-refractivity contribution in [1.29, 1.82) is 0 Å². The molecule has 6 N–H and O–H groups in total. The first-order valence-corrected chi connectivity index (χ1v) is 16.9. The minimum atomic E-state index is -1.25. The van der Waals surface area contributed by atoms with Gasteiger partial charge in [0, 0.05) is 35.5 Å². The number of allylic oxidation sites excluding steroid dienone is 1. The summed E-state index contributed by atoms with van der Waals surface area (Å²) in [6, 6.07) is 8.20. The van der Waals surface area contributed by atoms with Crippen molar-refractivity contribution in [3.05, 3.63) is 92.1 Å². The van der Waals surface area contributed by atoms with Gasteiger partial charge in [0.15, 0.2) is 22.3 Å². The van der Waals surface area contributed by atoms with Gasteiger partial charge >= 0.3 is 5.97 Å². The maximum absolute atomic E-state index is 13.5. The quantitative estimate of drug-likeness (QED) is 0.0871. The highest BCUT2D eigenvalue weighted by Crippen LogP contribution is 2.42. The lowest BCUT2D eigenvalue weighted by molar-refractivity contribution is -0.150. The number of carboxylic acid groups (broad SMARTS) is 1. The molecule has 6 rings (SSSR count). The SMILES string of the molecule is Nc1nc(C(=NOCc2cc(Cl)c(O)c(O)c2Cl)C(=O)NC2C(=O)N3C(C(=O)O)=C(C=CCN4CC=Cc5ccccc54)CSC23)cs1. The van der Waals surface area contributed by atoms with Crippen LogP contribution in [0.5, 0.6) is 11.5 Å². The molecule has 2 unspecified atom stereocenters. The van der Waals surface area contributed by atoms with Crippen molar-refractivity contribution in [1.82, 2.24) is 15.2 Å². The normalized spacial score (nSPS) is 18.9. The van der Waals surface area contributed by atoms with E-state index in [4.69, 9.17) is 33.8 Å². The molecule has 2 atom stereocenters. The number of aromatic nitrogens is 1. The van der Waals surface area contributed by atoms with E-state index >= 15 is 0 Å². The average Bonchev–Trinajstić information content (AvgIpc) is 3.51. The summed E-state index contributed by atoms with van der Waals surface area (Å²) in [5.41, 5.74) is 8.21. The van der Waals surface area contributed by atoms with Gasteiger partial charge < -0.3 is 36.1 Å². The summed E-state index contributed by atoms with van der Waals surface area (Å²) >= 11 is 14.3. The lowest BCUT2D eigenvalue weighted by Gasteiger charge is -2.49. The first-order valence-electron chi connectivity index (χ1n) is 14.2. The molecule has 248 valence electrons. The molecule has 3 aliphatic rings. The molecule has 48 heavy (non-hydrogen) atoms. The predicted molar refractivity (Wildman–Crippen MR) is 184 cm³/mol. The number of nitrogens with zero attached hydrogens (tertiary/aromatic N) is 4. The lowest BCUT2D eigenvalue weighted by atomic mass is 10.0. The zero-order valence-corrected chi connectivity index (χ0v) is 27.8. The second-order valence-electron chi connectivity index (χ2n) is 10.6. The molecule has 0 radical (unpaired) electrons. The summed E-state index contributed by atoms with van der Waals surface area (Å²) in [7, 11) is 0. The van der Waals surface area contributed by atoms with Crippen LogP contribution in [0.4, 0.5) is 10.8 Å². The number of thiazole rings is 1. The van der Waals surface area contributed by atoms with Crippen LogP contribution in [0.1, 0.15) is 16.8 Å². The standard InChI is InChI=1S/C31H26Cl2N6O7S2/c32-18-11-17(21(33)26(41)25(18)40)12-46-37-22(19-14-48-31(34)35-19)27(42)36-23-28(43)39-24(30(44)45)16(13-47-29(23)39)7-4-10-38-9-3-6-15-5-1-2-8-20(15)38/h1-8,11,14,23,29,40-41H,9-10,12-13H2,(H2,34,35)(H,36,42)(H,44,45). The number of hydrogen-bond acceptors (Lipinski definition) is 12.